The molecule has 3 heteroatoms. The first-order valence-corrected chi connectivity index (χ1v) is 14.3. The van der Waals surface area contributed by atoms with Crippen molar-refractivity contribution in [3.05, 3.63) is 60.2 Å². The fraction of sp³-hybridized carbons (Fsp3) is 0.515. The molecule has 0 aliphatic rings. The molecule has 0 heterocycles. The number of hydrogen-bond acceptors (Lipinski definition) is 2. The van der Waals surface area contributed by atoms with E-state index < -0.39 is 11.9 Å². The van der Waals surface area contributed by atoms with Crippen LogP contribution in [0.25, 0.3) is 21.5 Å². The second-order valence-electron chi connectivity index (χ2n) is 10.4. The van der Waals surface area contributed by atoms with E-state index in [1.54, 1.807) is 6.07 Å². The first kappa shape index (κ1) is 27.9. The lowest BCUT2D eigenvalue weighted by Gasteiger charge is -2.14. The maximum absolute atomic E-state index is 13.3. The number of fused-ring (bicyclic) bond motifs is 2. The first-order chi connectivity index (χ1) is 17.6. The van der Waals surface area contributed by atoms with Crippen LogP contribution in [-0.2, 0) is 4.79 Å². The molecule has 1 N–H and O–H groups in total. The maximum atomic E-state index is 13.3. The van der Waals surface area contributed by atoms with Gasteiger partial charge in [-0.1, -0.05) is 139 Å². The maximum Gasteiger partial charge on any atom is 0.314 e. The largest absolute Gasteiger partial charge is 0.481 e. The van der Waals surface area contributed by atoms with E-state index in [4.69, 9.17) is 0 Å². The number of Topliss-reactive ketones (excluding diaryl/α,β-unsaturated/α-hetero) is 1. The molecule has 1 atom stereocenters. The van der Waals surface area contributed by atoms with Crippen molar-refractivity contribution in [3.8, 4) is 0 Å². The van der Waals surface area contributed by atoms with Gasteiger partial charge in [0.15, 0.2) is 5.78 Å². The van der Waals surface area contributed by atoms with Crippen LogP contribution in [0.2, 0.25) is 0 Å². The molecular weight excluding hydrogens is 444 g/mol. The number of carbonyl (C=O) groups is 2. The Labute approximate surface area is 217 Å². The molecule has 0 saturated carbocycles. The van der Waals surface area contributed by atoms with E-state index in [2.05, 4.69) is 19.1 Å². The van der Waals surface area contributed by atoms with Crippen molar-refractivity contribution in [3.63, 3.8) is 0 Å². The molecule has 194 valence electrons. The molecule has 0 radical (unpaired) electrons. The van der Waals surface area contributed by atoms with Gasteiger partial charge in [0.05, 0.1) is 0 Å². The summed E-state index contributed by atoms with van der Waals surface area (Å²) in [7, 11) is 0. The molecule has 0 aliphatic heterocycles. The predicted octanol–water partition coefficient (Wildman–Crippen LogP) is 9.75. The normalized spacial score (nSPS) is 12.2. The molecule has 0 bridgehead atoms. The molecule has 0 aromatic heterocycles. The molecule has 3 aromatic carbocycles. The Morgan fingerprint density at radius 2 is 1.14 bits per heavy atom. The third-order valence-corrected chi connectivity index (χ3v) is 7.47. The van der Waals surface area contributed by atoms with Gasteiger partial charge in [0.25, 0.3) is 0 Å². The van der Waals surface area contributed by atoms with Crippen LogP contribution in [0.1, 0.15) is 114 Å². The SMILES string of the molecule is CCCCCCCCCCCCCCCCC(C(=O)O)C(=O)c1cccc2cc3ccccc3cc12. The summed E-state index contributed by atoms with van der Waals surface area (Å²) >= 11 is 0. The van der Waals surface area contributed by atoms with Crippen molar-refractivity contribution in [2.24, 2.45) is 5.92 Å². The lowest BCUT2D eigenvalue weighted by molar-refractivity contribution is -0.140. The van der Waals surface area contributed by atoms with Crippen LogP contribution in [0.5, 0.6) is 0 Å². The summed E-state index contributed by atoms with van der Waals surface area (Å²) in [5.41, 5.74) is 0.524. The third-order valence-electron chi connectivity index (χ3n) is 7.47. The molecule has 1 unspecified atom stereocenters. The minimum atomic E-state index is -1.01. The van der Waals surface area contributed by atoms with Gasteiger partial charge in [-0.3, -0.25) is 9.59 Å². The number of ketones is 1. The van der Waals surface area contributed by atoms with E-state index in [9.17, 15) is 14.7 Å². The Kier molecular flexibility index (Phi) is 12.0. The smallest absolute Gasteiger partial charge is 0.314 e. The molecule has 0 fully saturated rings. The zero-order valence-corrected chi connectivity index (χ0v) is 22.1. The number of carboxylic acids is 1. The highest BCUT2D eigenvalue weighted by Crippen LogP contribution is 2.28. The van der Waals surface area contributed by atoms with E-state index in [0.29, 0.717) is 12.0 Å². The van der Waals surface area contributed by atoms with Crippen molar-refractivity contribution in [1.82, 2.24) is 0 Å². The summed E-state index contributed by atoms with van der Waals surface area (Å²) < 4.78 is 0. The Hall–Kier alpha value is -2.68. The number of carboxylic acid groups (broad SMARTS) is 1. The molecule has 3 rings (SSSR count). The average molecular weight is 489 g/mol. The van der Waals surface area contributed by atoms with E-state index in [0.717, 1.165) is 40.8 Å². The van der Waals surface area contributed by atoms with Gasteiger partial charge in [-0.15, -0.1) is 0 Å². The van der Waals surface area contributed by atoms with Crippen LogP contribution in [0.4, 0.5) is 0 Å². The summed E-state index contributed by atoms with van der Waals surface area (Å²) in [6.07, 6.45) is 18.0. The molecular formula is C33H44O3. The minimum absolute atomic E-state index is 0.266. The van der Waals surface area contributed by atoms with Gasteiger partial charge < -0.3 is 5.11 Å². The van der Waals surface area contributed by atoms with Gasteiger partial charge in [-0.2, -0.15) is 0 Å². The number of benzene rings is 3. The van der Waals surface area contributed by atoms with Crippen LogP contribution in [-0.4, -0.2) is 16.9 Å². The molecule has 3 nitrogen and oxygen atoms in total. The number of carbonyl (C=O) groups excluding carboxylic acids is 1. The molecule has 0 amide bonds. The van der Waals surface area contributed by atoms with E-state index >= 15 is 0 Å². The first-order valence-electron chi connectivity index (χ1n) is 14.3. The number of aliphatic carboxylic acids is 1. The zero-order valence-electron chi connectivity index (χ0n) is 22.1. The quantitative estimate of drug-likeness (QED) is 0.0839. The van der Waals surface area contributed by atoms with Gasteiger partial charge in [-0.25, -0.2) is 0 Å². The predicted molar refractivity (Wildman–Crippen MR) is 152 cm³/mol. The second-order valence-corrected chi connectivity index (χ2v) is 10.4. The summed E-state index contributed by atoms with van der Waals surface area (Å²) in [4.78, 5) is 25.3. The summed E-state index contributed by atoms with van der Waals surface area (Å²) in [6, 6.07) is 17.8. The Bertz CT molecular complexity index is 1100. The van der Waals surface area contributed by atoms with Gasteiger partial charge in [0.1, 0.15) is 5.92 Å². The number of rotatable bonds is 18. The van der Waals surface area contributed by atoms with Crippen LogP contribution in [0.15, 0.2) is 54.6 Å². The highest BCUT2D eigenvalue weighted by atomic mass is 16.4. The standard InChI is InChI=1S/C33H44O3/c1-2-3-4-5-6-7-8-9-10-11-12-13-14-15-22-30(33(35)36)32(34)29-23-18-21-28-24-26-19-16-17-20-27(26)25-31(28)29/h16-21,23-25,30H,2-15,22H2,1H3,(H,35,36). The summed E-state index contributed by atoms with van der Waals surface area (Å²) in [5, 5.41) is 13.8. The van der Waals surface area contributed by atoms with Gasteiger partial charge in [-0.05, 0) is 40.1 Å². The summed E-state index contributed by atoms with van der Waals surface area (Å²) in [6.45, 7) is 2.26. The summed E-state index contributed by atoms with van der Waals surface area (Å²) in [5.74, 6) is -2.25. The molecule has 0 saturated heterocycles. The van der Waals surface area contributed by atoms with Crippen LogP contribution >= 0.6 is 0 Å². The lowest BCUT2D eigenvalue weighted by atomic mass is 9.89. The van der Waals surface area contributed by atoms with Gasteiger partial charge in [0.2, 0.25) is 0 Å². The van der Waals surface area contributed by atoms with Crippen LogP contribution in [0.3, 0.4) is 0 Å². The van der Waals surface area contributed by atoms with E-state index in [1.165, 1.54) is 70.6 Å². The van der Waals surface area contributed by atoms with E-state index in [1.807, 2.05) is 36.4 Å². The van der Waals surface area contributed by atoms with E-state index in [-0.39, 0.29) is 5.78 Å². The molecule has 36 heavy (non-hydrogen) atoms. The Morgan fingerprint density at radius 1 is 0.639 bits per heavy atom. The highest BCUT2D eigenvalue weighted by molar-refractivity contribution is 6.16. The topological polar surface area (TPSA) is 54.4 Å². The van der Waals surface area contributed by atoms with Gasteiger partial charge >= 0.3 is 5.97 Å². The fourth-order valence-electron chi connectivity index (χ4n) is 5.28. The molecule has 0 aliphatic carbocycles. The molecule has 0 spiro atoms. The third kappa shape index (κ3) is 8.47. The monoisotopic (exact) mass is 488 g/mol. The second kappa shape index (κ2) is 15.4. The van der Waals surface area contributed by atoms with Crippen molar-refractivity contribution in [2.45, 2.75) is 103 Å². The van der Waals surface area contributed by atoms with Crippen molar-refractivity contribution in [1.29, 1.82) is 0 Å². The van der Waals surface area contributed by atoms with Gasteiger partial charge in [0, 0.05) is 5.56 Å². The average Bonchev–Trinajstić information content (AvgIpc) is 2.88. The minimum Gasteiger partial charge on any atom is -0.481 e. The van der Waals surface area contributed by atoms with Crippen LogP contribution in [0, 0.1) is 5.92 Å². The number of hydrogen-bond donors (Lipinski definition) is 1. The van der Waals surface area contributed by atoms with Crippen LogP contribution < -0.4 is 0 Å². The van der Waals surface area contributed by atoms with Crippen molar-refractivity contribution >= 4 is 33.3 Å². The van der Waals surface area contributed by atoms with Crippen molar-refractivity contribution < 1.29 is 14.7 Å². The lowest BCUT2D eigenvalue weighted by Crippen LogP contribution is -2.24. The fourth-order valence-corrected chi connectivity index (χ4v) is 5.28. The van der Waals surface area contributed by atoms with Crippen molar-refractivity contribution in [2.75, 3.05) is 0 Å². The number of unbranched alkanes of at least 4 members (excludes halogenated alkanes) is 13. The molecule has 3 aromatic rings. The Balaban J connectivity index is 1.41. The Morgan fingerprint density at radius 3 is 1.69 bits per heavy atom. The zero-order chi connectivity index (χ0) is 25.6. The highest BCUT2D eigenvalue weighted by Gasteiger charge is 2.27.